The zero-order valence-electron chi connectivity index (χ0n) is 18.9. The highest BCUT2D eigenvalue weighted by molar-refractivity contribution is 6.00. The highest BCUT2D eigenvalue weighted by atomic mass is 16.5. The van der Waals surface area contributed by atoms with Crippen molar-refractivity contribution < 1.29 is 14.3 Å². The summed E-state index contributed by atoms with van der Waals surface area (Å²) in [5.74, 6) is 0.989. The van der Waals surface area contributed by atoms with Crippen LogP contribution >= 0.6 is 0 Å². The molecule has 31 heavy (non-hydrogen) atoms. The molecule has 0 radical (unpaired) electrons. The number of amides is 3. The van der Waals surface area contributed by atoms with Crippen LogP contribution in [0.5, 0.6) is 5.75 Å². The molecule has 1 heterocycles. The molecule has 6 heteroatoms. The van der Waals surface area contributed by atoms with E-state index in [0.717, 1.165) is 18.5 Å². The maximum atomic E-state index is 13.0. The van der Waals surface area contributed by atoms with E-state index in [2.05, 4.69) is 36.6 Å². The van der Waals surface area contributed by atoms with E-state index in [1.165, 1.54) is 5.56 Å². The molecular weight excluding hydrogens is 390 g/mol. The highest BCUT2D eigenvalue weighted by Crippen LogP contribution is 2.38. The molecule has 0 aromatic heterocycles. The lowest BCUT2D eigenvalue weighted by atomic mass is 9.92. The van der Waals surface area contributed by atoms with Gasteiger partial charge in [0.1, 0.15) is 12.4 Å². The topological polar surface area (TPSA) is 70.7 Å². The first-order valence-electron chi connectivity index (χ1n) is 10.9. The largest absolute Gasteiger partial charge is 0.490 e. The number of rotatable bonds is 7. The summed E-state index contributed by atoms with van der Waals surface area (Å²) in [5.41, 5.74) is 2.03. The molecule has 0 spiro atoms. The minimum absolute atomic E-state index is 0.0526. The molecule has 0 atom stereocenters. The lowest BCUT2D eigenvalue weighted by Crippen LogP contribution is -2.43. The molecule has 0 fully saturated rings. The summed E-state index contributed by atoms with van der Waals surface area (Å²) < 4.78 is 5.98. The zero-order chi connectivity index (χ0) is 22.4. The number of carbonyl (C=O) groups excluding carboxylic acids is 2. The molecule has 0 bridgehead atoms. The first-order valence-corrected chi connectivity index (χ1v) is 10.9. The number of aryl methyl sites for hydroxylation is 1. The van der Waals surface area contributed by atoms with Crippen molar-refractivity contribution in [3.8, 4) is 5.75 Å². The number of urea groups is 1. The van der Waals surface area contributed by atoms with Gasteiger partial charge < -0.3 is 20.3 Å². The number of ether oxygens (including phenoxy) is 1. The fraction of sp³-hybridized carbons (Fsp3) is 0.440. The van der Waals surface area contributed by atoms with Gasteiger partial charge in [-0.2, -0.15) is 0 Å². The number of carbonyl (C=O) groups is 2. The summed E-state index contributed by atoms with van der Waals surface area (Å²) in [7, 11) is 0. The third kappa shape index (κ3) is 6.00. The molecule has 2 aromatic carbocycles. The van der Waals surface area contributed by atoms with Gasteiger partial charge in [0, 0.05) is 24.8 Å². The van der Waals surface area contributed by atoms with Crippen molar-refractivity contribution in [2.75, 3.05) is 29.9 Å². The van der Waals surface area contributed by atoms with Gasteiger partial charge in [-0.25, -0.2) is 4.79 Å². The number of fused-ring (bicyclic) bond motifs is 1. The van der Waals surface area contributed by atoms with E-state index in [1.54, 1.807) is 11.0 Å². The van der Waals surface area contributed by atoms with E-state index in [1.807, 2.05) is 44.2 Å². The first-order chi connectivity index (χ1) is 14.8. The van der Waals surface area contributed by atoms with Crippen molar-refractivity contribution in [3.63, 3.8) is 0 Å². The van der Waals surface area contributed by atoms with Crippen molar-refractivity contribution >= 4 is 23.3 Å². The lowest BCUT2D eigenvalue weighted by molar-refractivity contribution is -0.127. The van der Waals surface area contributed by atoms with Crippen molar-refractivity contribution in [3.05, 3.63) is 54.1 Å². The normalized spacial score (nSPS) is 15.1. The third-order valence-corrected chi connectivity index (χ3v) is 5.24. The molecular formula is C25H33N3O3. The van der Waals surface area contributed by atoms with Crippen LogP contribution in [0.25, 0.3) is 0 Å². The summed E-state index contributed by atoms with van der Waals surface area (Å²) in [6.07, 6.45) is 1.79. The maximum Gasteiger partial charge on any atom is 0.319 e. The highest BCUT2D eigenvalue weighted by Gasteiger charge is 2.38. The Morgan fingerprint density at radius 3 is 2.61 bits per heavy atom. The molecule has 0 saturated heterocycles. The Kier molecular flexibility index (Phi) is 7.21. The number of anilines is 2. The van der Waals surface area contributed by atoms with Crippen LogP contribution in [-0.4, -0.2) is 31.6 Å². The van der Waals surface area contributed by atoms with E-state index in [4.69, 9.17) is 4.74 Å². The smallest absolute Gasteiger partial charge is 0.319 e. The average molecular weight is 424 g/mol. The Hall–Kier alpha value is -3.02. The Morgan fingerprint density at radius 1 is 1.16 bits per heavy atom. The summed E-state index contributed by atoms with van der Waals surface area (Å²) >= 11 is 0. The van der Waals surface area contributed by atoms with Crippen LogP contribution in [0.4, 0.5) is 16.2 Å². The first kappa shape index (κ1) is 22.7. The fourth-order valence-corrected chi connectivity index (χ4v) is 3.59. The predicted octanol–water partition coefficient (Wildman–Crippen LogP) is 4.85. The monoisotopic (exact) mass is 423 g/mol. The van der Waals surface area contributed by atoms with Crippen molar-refractivity contribution in [1.82, 2.24) is 5.32 Å². The van der Waals surface area contributed by atoms with Crippen LogP contribution < -0.4 is 20.3 Å². The van der Waals surface area contributed by atoms with Crippen LogP contribution in [0, 0.1) is 11.3 Å². The van der Waals surface area contributed by atoms with E-state index in [-0.39, 0.29) is 11.9 Å². The van der Waals surface area contributed by atoms with Gasteiger partial charge in [-0.15, -0.1) is 0 Å². The molecule has 6 nitrogen and oxygen atoms in total. The average Bonchev–Trinajstić information content (AvgIpc) is 2.82. The summed E-state index contributed by atoms with van der Waals surface area (Å²) in [6.45, 7) is 9.48. The number of nitrogens with zero attached hydrogens (tertiary/aromatic N) is 1. The molecule has 166 valence electrons. The predicted molar refractivity (Wildman–Crippen MR) is 125 cm³/mol. The van der Waals surface area contributed by atoms with Gasteiger partial charge in [-0.1, -0.05) is 44.2 Å². The van der Waals surface area contributed by atoms with Gasteiger partial charge in [0.05, 0.1) is 11.1 Å². The molecule has 1 aliphatic heterocycles. The van der Waals surface area contributed by atoms with Crippen molar-refractivity contribution in [1.29, 1.82) is 0 Å². The Labute approximate surface area is 185 Å². The maximum absolute atomic E-state index is 13.0. The molecule has 3 rings (SSSR count). The molecule has 2 N–H and O–H groups in total. The third-order valence-electron chi connectivity index (χ3n) is 5.24. The van der Waals surface area contributed by atoms with Crippen LogP contribution in [0.3, 0.4) is 0 Å². The fourth-order valence-electron chi connectivity index (χ4n) is 3.59. The van der Waals surface area contributed by atoms with E-state index < -0.39 is 5.41 Å². The zero-order valence-corrected chi connectivity index (χ0v) is 18.9. The molecule has 3 amide bonds. The van der Waals surface area contributed by atoms with Gasteiger partial charge >= 0.3 is 6.03 Å². The second-order valence-corrected chi connectivity index (χ2v) is 9.13. The van der Waals surface area contributed by atoms with E-state index in [0.29, 0.717) is 37.1 Å². The number of benzene rings is 2. The van der Waals surface area contributed by atoms with Crippen molar-refractivity contribution in [2.24, 2.45) is 11.3 Å². The van der Waals surface area contributed by atoms with Crippen LogP contribution in [-0.2, 0) is 11.2 Å². The molecule has 0 unspecified atom stereocenters. The summed E-state index contributed by atoms with van der Waals surface area (Å²) in [6, 6.07) is 15.4. The summed E-state index contributed by atoms with van der Waals surface area (Å²) in [5, 5.41) is 5.76. The molecule has 1 aliphatic rings. The molecule has 2 aromatic rings. The standard InChI is InChI=1S/C25H33N3O3/c1-18(2)16-28-21-13-12-20(15-22(21)31-17-25(3,4)23(28)29)27-24(30)26-14-8-11-19-9-6-5-7-10-19/h5-7,9-10,12-13,15,18H,8,11,14,16-17H2,1-4H3,(H2,26,27,30). The van der Waals surface area contributed by atoms with Gasteiger partial charge in [0.25, 0.3) is 0 Å². The second kappa shape index (κ2) is 9.86. The molecule has 0 saturated carbocycles. The van der Waals surface area contributed by atoms with E-state index in [9.17, 15) is 9.59 Å². The van der Waals surface area contributed by atoms with Gasteiger partial charge in [-0.3, -0.25) is 4.79 Å². The van der Waals surface area contributed by atoms with Crippen molar-refractivity contribution in [2.45, 2.75) is 40.5 Å². The SMILES string of the molecule is CC(C)CN1C(=O)C(C)(C)COc2cc(NC(=O)NCCCc3ccccc3)ccc21. The Morgan fingerprint density at radius 2 is 1.90 bits per heavy atom. The second-order valence-electron chi connectivity index (χ2n) is 9.13. The lowest BCUT2D eigenvalue weighted by Gasteiger charge is -2.29. The Balaban J connectivity index is 1.62. The van der Waals surface area contributed by atoms with Gasteiger partial charge in [0.2, 0.25) is 5.91 Å². The quantitative estimate of drug-likeness (QED) is 0.626. The minimum atomic E-state index is -0.613. The summed E-state index contributed by atoms with van der Waals surface area (Å²) in [4.78, 5) is 27.1. The number of hydrogen-bond donors (Lipinski definition) is 2. The van der Waals surface area contributed by atoms with Crippen LogP contribution in [0.2, 0.25) is 0 Å². The van der Waals surface area contributed by atoms with Crippen LogP contribution in [0.1, 0.15) is 39.7 Å². The molecule has 0 aliphatic carbocycles. The number of nitrogens with one attached hydrogen (secondary N) is 2. The minimum Gasteiger partial charge on any atom is -0.490 e. The van der Waals surface area contributed by atoms with E-state index >= 15 is 0 Å². The Bertz CT molecular complexity index is 909. The van der Waals surface area contributed by atoms with Gasteiger partial charge in [0.15, 0.2) is 0 Å². The number of hydrogen-bond acceptors (Lipinski definition) is 3. The van der Waals surface area contributed by atoms with Gasteiger partial charge in [-0.05, 0) is 50.3 Å². The van der Waals surface area contributed by atoms with Crippen LogP contribution in [0.15, 0.2) is 48.5 Å².